The molecule has 0 atom stereocenters. The first kappa shape index (κ1) is 16.0. The SMILES string of the molecule is CN(Cc1ccccc1F)C(=O)c1oc2ncnn2c1-c1ccccc1. The van der Waals surface area contributed by atoms with E-state index < -0.39 is 0 Å². The molecule has 0 fully saturated rings. The maximum Gasteiger partial charge on any atom is 0.325 e. The molecule has 2 heterocycles. The summed E-state index contributed by atoms with van der Waals surface area (Å²) in [7, 11) is 1.60. The zero-order valence-corrected chi connectivity index (χ0v) is 14.0. The van der Waals surface area contributed by atoms with Gasteiger partial charge in [-0.05, 0) is 6.07 Å². The van der Waals surface area contributed by atoms with Crippen molar-refractivity contribution in [2.75, 3.05) is 7.05 Å². The zero-order chi connectivity index (χ0) is 18.1. The quantitative estimate of drug-likeness (QED) is 0.566. The summed E-state index contributed by atoms with van der Waals surface area (Å²) < 4.78 is 21.0. The molecule has 1 amide bonds. The molecule has 4 aromatic rings. The Kier molecular flexibility index (Phi) is 3.96. The molecular formula is C19H15FN4O2. The van der Waals surface area contributed by atoms with Gasteiger partial charge in [0.05, 0.1) is 0 Å². The number of rotatable bonds is 4. The first-order chi connectivity index (χ1) is 12.6. The maximum absolute atomic E-state index is 13.9. The van der Waals surface area contributed by atoms with Gasteiger partial charge in [-0.15, -0.1) is 0 Å². The number of nitrogens with zero attached hydrogens (tertiary/aromatic N) is 4. The third-order valence-electron chi connectivity index (χ3n) is 4.09. The first-order valence-corrected chi connectivity index (χ1v) is 8.02. The summed E-state index contributed by atoms with van der Waals surface area (Å²) in [6, 6.07) is 15.7. The van der Waals surface area contributed by atoms with Crippen molar-refractivity contribution in [2.45, 2.75) is 6.54 Å². The Morgan fingerprint density at radius 2 is 1.88 bits per heavy atom. The average molecular weight is 350 g/mol. The molecule has 6 nitrogen and oxygen atoms in total. The van der Waals surface area contributed by atoms with E-state index in [9.17, 15) is 9.18 Å². The van der Waals surface area contributed by atoms with Crippen molar-refractivity contribution in [3.63, 3.8) is 0 Å². The number of benzene rings is 2. The number of amides is 1. The topological polar surface area (TPSA) is 63.6 Å². The smallest absolute Gasteiger partial charge is 0.325 e. The third kappa shape index (κ3) is 2.73. The number of aromatic nitrogens is 3. The molecule has 4 rings (SSSR count). The second-order valence-electron chi connectivity index (χ2n) is 5.85. The highest BCUT2D eigenvalue weighted by atomic mass is 19.1. The number of halogens is 1. The van der Waals surface area contributed by atoms with Crippen LogP contribution in [0.3, 0.4) is 0 Å². The molecule has 130 valence electrons. The second kappa shape index (κ2) is 6.44. The lowest BCUT2D eigenvalue weighted by atomic mass is 10.1. The van der Waals surface area contributed by atoms with Crippen molar-refractivity contribution in [2.24, 2.45) is 0 Å². The standard InChI is InChI=1S/C19H15FN4O2/c1-23(11-14-9-5-6-10-15(14)20)18(25)17-16(13-7-3-2-4-8-13)24-19(26-17)21-12-22-24/h2-10,12H,11H2,1H3. The van der Waals surface area contributed by atoms with Crippen molar-refractivity contribution in [3.05, 3.63) is 78.1 Å². The van der Waals surface area contributed by atoms with Gasteiger partial charge in [-0.1, -0.05) is 48.5 Å². The van der Waals surface area contributed by atoms with Gasteiger partial charge in [0.2, 0.25) is 5.76 Å². The highest BCUT2D eigenvalue weighted by Crippen LogP contribution is 2.27. The van der Waals surface area contributed by atoms with Gasteiger partial charge < -0.3 is 9.32 Å². The fourth-order valence-corrected chi connectivity index (χ4v) is 2.81. The summed E-state index contributed by atoms with van der Waals surface area (Å²) in [4.78, 5) is 18.4. The predicted octanol–water partition coefficient (Wildman–Crippen LogP) is 3.40. The summed E-state index contributed by atoms with van der Waals surface area (Å²) in [6.45, 7) is 0.121. The monoisotopic (exact) mass is 350 g/mol. The van der Waals surface area contributed by atoms with Crippen LogP contribution >= 0.6 is 0 Å². The maximum atomic E-state index is 13.9. The molecule has 0 aliphatic carbocycles. The van der Waals surface area contributed by atoms with Crippen LogP contribution in [0.2, 0.25) is 0 Å². The van der Waals surface area contributed by atoms with Crippen LogP contribution in [0.4, 0.5) is 4.39 Å². The normalized spacial score (nSPS) is 11.0. The Bertz CT molecular complexity index is 1070. The summed E-state index contributed by atoms with van der Waals surface area (Å²) in [5.74, 6) is -0.386. The van der Waals surface area contributed by atoms with E-state index in [1.807, 2.05) is 30.3 Å². The van der Waals surface area contributed by atoms with Crippen LogP contribution in [0.15, 0.2) is 65.3 Å². The molecular weight excluding hydrogens is 335 g/mol. The van der Waals surface area contributed by atoms with Crippen LogP contribution in [-0.4, -0.2) is 32.5 Å². The van der Waals surface area contributed by atoms with Gasteiger partial charge >= 0.3 is 5.84 Å². The molecule has 0 aliphatic rings. The molecule has 0 saturated heterocycles. The second-order valence-corrected chi connectivity index (χ2v) is 5.85. The minimum Gasteiger partial charge on any atom is -0.416 e. The average Bonchev–Trinajstić information content (AvgIpc) is 3.24. The summed E-state index contributed by atoms with van der Waals surface area (Å²) in [5.41, 5.74) is 1.72. The molecule has 0 N–H and O–H groups in total. The van der Waals surface area contributed by atoms with E-state index in [-0.39, 0.29) is 29.9 Å². The lowest BCUT2D eigenvalue weighted by Gasteiger charge is -2.16. The van der Waals surface area contributed by atoms with Crippen molar-refractivity contribution >= 4 is 11.8 Å². The number of carbonyl (C=O) groups excluding carboxylic acids is 1. The fraction of sp³-hybridized carbons (Fsp3) is 0.105. The molecule has 0 aliphatic heterocycles. The van der Waals surface area contributed by atoms with E-state index in [0.29, 0.717) is 11.3 Å². The van der Waals surface area contributed by atoms with Crippen LogP contribution in [0.25, 0.3) is 17.1 Å². The van der Waals surface area contributed by atoms with Crippen molar-refractivity contribution in [1.82, 2.24) is 19.5 Å². The van der Waals surface area contributed by atoms with Crippen LogP contribution in [0, 0.1) is 5.82 Å². The largest absolute Gasteiger partial charge is 0.416 e. The molecule has 26 heavy (non-hydrogen) atoms. The van der Waals surface area contributed by atoms with E-state index in [1.165, 1.54) is 21.8 Å². The van der Waals surface area contributed by atoms with Gasteiger partial charge in [0.25, 0.3) is 5.91 Å². The number of fused-ring (bicyclic) bond motifs is 1. The molecule has 0 radical (unpaired) electrons. The van der Waals surface area contributed by atoms with Crippen molar-refractivity contribution in [1.29, 1.82) is 0 Å². The van der Waals surface area contributed by atoms with Crippen molar-refractivity contribution in [3.8, 4) is 11.3 Å². The minimum atomic E-state index is -0.376. The van der Waals surface area contributed by atoms with Gasteiger partial charge in [0.15, 0.2) is 0 Å². The highest BCUT2D eigenvalue weighted by molar-refractivity contribution is 5.97. The summed E-state index contributed by atoms with van der Waals surface area (Å²) in [6.07, 6.45) is 1.36. The number of carbonyl (C=O) groups is 1. The predicted molar refractivity (Wildman–Crippen MR) is 92.9 cm³/mol. The van der Waals surface area contributed by atoms with Crippen molar-refractivity contribution < 1.29 is 13.6 Å². The highest BCUT2D eigenvalue weighted by Gasteiger charge is 2.26. The van der Waals surface area contributed by atoms with Gasteiger partial charge in [-0.2, -0.15) is 14.6 Å². The Hall–Kier alpha value is -3.48. The summed E-state index contributed by atoms with van der Waals surface area (Å²) in [5, 5.41) is 4.14. The van der Waals surface area contributed by atoms with E-state index in [1.54, 1.807) is 25.2 Å². The number of hydrogen-bond acceptors (Lipinski definition) is 4. The van der Waals surface area contributed by atoms with Gasteiger partial charge in [-0.25, -0.2) is 4.39 Å². The lowest BCUT2D eigenvalue weighted by Crippen LogP contribution is -2.27. The summed E-state index contributed by atoms with van der Waals surface area (Å²) >= 11 is 0. The molecule has 0 spiro atoms. The number of oxazole rings is 1. The number of hydrogen-bond donors (Lipinski definition) is 0. The lowest BCUT2D eigenvalue weighted by molar-refractivity contribution is 0.0755. The Labute approximate surface area is 148 Å². The molecule has 2 aromatic carbocycles. The Balaban J connectivity index is 1.73. The Morgan fingerprint density at radius 1 is 1.15 bits per heavy atom. The van der Waals surface area contributed by atoms with Crippen LogP contribution in [0.5, 0.6) is 0 Å². The van der Waals surface area contributed by atoms with E-state index in [4.69, 9.17) is 4.42 Å². The molecule has 0 unspecified atom stereocenters. The minimum absolute atomic E-state index is 0.116. The molecule has 2 aromatic heterocycles. The molecule has 0 bridgehead atoms. The zero-order valence-electron chi connectivity index (χ0n) is 14.0. The van der Waals surface area contributed by atoms with E-state index in [0.717, 1.165) is 5.56 Å². The first-order valence-electron chi connectivity index (χ1n) is 8.02. The van der Waals surface area contributed by atoms with Crippen LogP contribution < -0.4 is 0 Å². The Morgan fingerprint density at radius 3 is 2.65 bits per heavy atom. The molecule has 0 saturated carbocycles. The van der Waals surface area contributed by atoms with Crippen LogP contribution in [-0.2, 0) is 6.54 Å². The third-order valence-corrected chi connectivity index (χ3v) is 4.09. The van der Waals surface area contributed by atoms with E-state index in [2.05, 4.69) is 10.1 Å². The van der Waals surface area contributed by atoms with Crippen LogP contribution in [0.1, 0.15) is 16.1 Å². The van der Waals surface area contributed by atoms with Gasteiger partial charge in [-0.3, -0.25) is 4.79 Å². The van der Waals surface area contributed by atoms with Gasteiger partial charge in [0, 0.05) is 24.7 Å². The van der Waals surface area contributed by atoms with E-state index >= 15 is 0 Å². The fourth-order valence-electron chi connectivity index (χ4n) is 2.81. The molecule has 7 heteroatoms. The van der Waals surface area contributed by atoms with Gasteiger partial charge in [0.1, 0.15) is 17.8 Å².